The maximum Gasteiger partial charge on any atom is 0.573 e. The molecule has 4 rings (SSSR count). The Morgan fingerprint density at radius 2 is 1.97 bits per heavy atom. The van der Waals surface area contributed by atoms with Crippen molar-refractivity contribution in [3.05, 3.63) is 68.7 Å². The lowest BCUT2D eigenvalue weighted by Gasteiger charge is -2.28. The SMILES string of the molecule is COC1=CC(CN2c3c(n(C)c(=O)n(CCCO)c3=O)NC2Oc2cccc(OC(F)(F)F)c2)=CCN1. The molecule has 0 amide bonds. The molecule has 0 bridgehead atoms. The van der Waals surface area contributed by atoms with Crippen LogP contribution in [0.1, 0.15) is 6.42 Å². The van der Waals surface area contributed by atoms with Crippen molar-refractivity contribution in [1.82, 2.24) is 14.5 Å². The fraction of sp³-hybridized carbons (Fsp3) is 0.391. The van der Waals surface area contributed by atoms with Gasteiger partial charge in [-0.05, 0) is 24.1 Å². The second kappa shape index (κ2) is 10.5. The molecule has 2 aliphatic heterocycles. The van der Waals surface area contributed by atoms with Crippen LogP contribution in [0.2, 0.25) is 0 Å². The first-order valence-electron chi connectivity index (χ1n) is 11.3. The minimum absolute atomic E-state index is 0.00577. The summed E-state index contributed by atoms with van der Waals surface area (Å²) in [5.41, 5.74) is -0.277. The van der Waals surface area contributed by atoms with Gasteiger partial charge in [0.2, 0.25) is 0 Å². The van der Waals surface area contributed by atoms with Crippen LogP contribution in [-0.4, -0.2) is 53.8 Å². The number of anilines is 2. The third kappa shape index (κ3) is 5.69. The highest BCUT2D eigenvalue weighted by molar-refractivity contribution is 5.72. The molecular formula is C23H26F3N5O6. The van der Waals surface area contributed by atoms with Crippen molar-refractivity contribution in [3.8, 4) is 11.5 Å². The standard InChI is InChI=1S/C23H26F3N5O6/c1-29-19-18(20(33)30(22(29)34)9-4-10-32)31(13-14-7-8-27-17(11-14)35-2)21(28-19)36-15-5-3-6-16(12-15)37-23(24,25)26/h3,5-7,11-12,21,27-28,32H,4,8-10,13H2,1-2H3. The number of rotatable bonds is 9. The van der Waals surface area contributed by atoms with Crippen LogP contribution in [-0.2, 0) is 18.3 Å². The Labute approximate surface area is 209 Å². The number of halogens is 3. The quantitative estimate of drug-likeness (QED) is 0.447. The smallest absolute Gasteiger partial charge is 0.483 e. The van der Waals surface area contributed by atoms with Crippen molar-refractivity contribution in [3.63, 3.8) is 0 Å². The van der Waals surface area contributed by atoms with Crippen LogP contribution >= 0.6 is 0 Å². The van der Waals surface area contributed by atoms with E-state index in [9.17, 15) is 27.9 Å². The van der Waals surface area contributed by atoms with E-state index in [1.807, 2.05) is 6.08 Å². The van der Waals surface area contributed by atoms with Crippen LogP contribution in [0.15, 0.2) is 57.5 Å². The summed E-state index contributed by atoms with van der Waals surface area (Å²) in [6.45, 7) is 0.415. The van der Waals surface area contributed by atoms with E-state index in [-0.39, 0.29) is 43.4 Å². The average Bonchev–Trinajstić information content (AvgIpc) is 3.20. The summed E-state index contributed by atoms with van der Waals surface area (Å²) >= 11 is 0. The zero-order chi connectivity index (χ0) is 26.7. The minimum atomic E-state index is -4.88. The van der Waals surface area contributed by atoms with E-state index in [0.29, 0.717) is 12.4 Å². The van der Waals surface area contributed by atoms with Crippen LogP contribution < -0.4 is 36.3 Å². The summed E-state index contributed by atoms with van der Waals surface area (Å²) in [6, 6.07) is 4.98. The highest BCUT2D eigenvalue weighted by Crippen LogP contribution is 2.33. The molecule has 0 radical (unpaired) electrons. The van der Waals surface area contributed by atoms with Crippen molar-refractivity contribution in [2.24, 2.45) is 7.05 Å². The van der Waals surface area contributed by atoms with Crippen LogP contribution in [0.25, 0.3) is 0 Å². The molecule has 1 atom stereocenters. The predicted octanol–water partition coefficient (Wildman–Crippen LogP) is 1.44. The number of alkyl halides is 3. The Kier molecular flexibility index (Phi) is 7.38. The number of dihydropyridines is 1. The highest BCUT2D eigenvalue weighted by Gasteiger charge is 2.37. The first-order chi connectivity index (χ1) is 17.6. The van der Waals surface area contributed by atoms with Gasteiger partial charge in [-0.25, -0.2) is 4.79 Å². The number of methoxy groups -OCH3 is 1. The van der Waals surface area contributed by atoms with Gasteiger partial charge in [0.1, 0.15) is 23.0 Å². The average molecular weight is 525 g/mol. The van der Waals surface area contributed by atoms with Crippen LogP contribution in [0.5, 0.6) is 11.5 Å². The van der Waals surface area contributed by atoms with Crippen molar-refractivity contribution in [2.45, 2.75) is 25.7 Å². The maximum atomic E-state index is 13.4. The molecule has 0 aliphatic carbocycles. The summed E-state index contributed by atoms with van der Waals surface area (Å²) in [4.78, 5) is 27.9. The number of nitrogens with one attached hydrogen (secondary N) is 2. The van der Waals surface area contributed by atoms with Crippen molar-refractivity contribution >= 4 is 11.5 Å². The largest absolute Gasteiger partial charge is 0.573 e. The lowest BCUT2D eigenvalue weighted by Crippen LogP contribution is -2.45. The van der Waals surface area contributed by atoms with E-state index in [1.54, 1.807) is 11.0 Å². The molecule has 2 aromatic rings. The number of aromatic nitrogens is 2. The number of hydrogen-bond donors (Lipinski definition) is 3. The van der Waals surface area contributed by atoms with Gasteiger partial charge in [-0.3, -0.25) is 13.9 Å². The molecule has 1 unspecified atom stereocenters. The zero-order valence-corrected chi connectivity index (χ0v) is 20.0. The molecule has 2 aliphatic rings. The summed E-state index contributed by atoms with van der Waals surface area (Å²) in [6.07, 6.45) is -2.12. The molecule has 14 heteroatoms. The van der Waals surface area contributed by atoms with Gasteiger partial charge >= 0.3 is 12.1 Å². The van der Waals surface area contributed by atoms with Crippen LogP contribution in [0, 0.1) is 0 Å². The van der Waals surface area contributed by atoms with Crippen molar-refractivity contribution in [1.29, 1.82) is 0 Å². The number of ether oxygens (including phenoxy) is 3. The lowest BCUT2D eigenvalue weighted by atomic mass is 10.2. The monoisotopic (exact) mass is 525 g/mol. The summed E-state index contributed by atoms with van der Waals surface area (Å²) in [5.74, 6) is 0.267. The second-order valence-corrected chi connectivity index (χ2v) is 8.21. The Morgan fingerprint density at radius 1 is 1.22 bits per heavy atom. The summed E-state index contributed by atoms with van der Waals surface area (Å²) in [5, 5.41) is 15.2. The van der Waals surface area contributed by atoms with E-state index in [4.69, 9.17) is 9.47 Å². The number of aliphatic hydroxyl groups is 1. The van der Waals surface area contributed by atoms with Gasteiger partial charge < -0.3 is 34.9 Å². The predicted molar refractivity (Wildman–Crippen MR) is 127 cm³/mol. The normalized spacial score (nSPS) is 16.8. The molecule has 200 valence electrons. The van der Waals surface area contributed by atoms with Gasteiger partial charge in [0, 0.05) is 45.4 Å². The lowest BCUT2D eigenvalue weighted by molar-refractivity contribution is -0.274. The van der Waals surface area contributed by atoms with Crippen molar-refractivity contribution in [2.75, 3.05) is 37.0 Å². The number of benzene rings is 1. The van der Waals surface area contributed by atoms with Gasteiger partial charge in [-0.15, -0.1) is 13.2 Å². The first kappa shape index (κ1) is 26.0. The molecule has 0 saturated carbocycles. The first-order valence-corrected chi connectivity index (χ1v) is 11.3. The third-order valence-corrected chi connectivity index (χ3v) is 5.71. The minimum Gasteiger partial charge on any atom is -0.483 e. The molecule has 1 aromatic heterocycles. The molecule has 37 heavy (non-hydrogen) atoms. The highest BCUT2D eigenvalue weighted by atomic mass is 19.4. The maximum absolute atomic E-state index is 13.4. The summed E-state index contributed by atoms with van der Waals surface area (Å²) < 4.78 is 55.6. The van der Waals surface area contributed by atoms with Crippen molar-refractivity contribution < 1.29 is 32.5 Å². The van der Waals surface area contributed by atoms with Gasteiger partial charge in [0.15, 0.2) is 5.88 Å². The van der Waals surface area contributed by atoms with Gasteiger partial charge in [-0.1, -0.05) is 12.1 Å². The van der Waals surface area contributed by atoms with Gasteiger partial charge in [-0.2, -0.15) is 0 Å². The van der Waals surface area contributed by atoms with E-state index in [1.165, 1.54) is 30.9 Å². The molecule has 11 nitrogen and oxygen atoms in total. The van der Waals surface area contributed by atoms with Gasteiger partial charge in [0.05, 0.1) is 7.11 Å². The van der Waals surface area contributed by atoms with Crippen LogP contribution in [0.3, 0.4) is 0 Å². The molecule has 0 spiro atoms. The second-order valence-electron chi connectivity index (χ2n) is 8.21. The zero-order valence-electron chi connectivity index (χ0n) is 20.0. The molecule has 3 heterocycles. The van der Waals surface area contributed by atoms with E-state index < -0.39 is 29.7 Å². The van der Waals surface area contributed by atoms with Gasteiger partial charge in [0.25, 0.3) is 11.9 Å². The third-order valence-electron chi connectivity index (χ3n) is 5.71. The molecule has 3 N–H and O–H groups in total. The Balaban J connectivity index is 1.73. The summed E-state index contributed by atoms with van der Waals surface area (Å²) in [7, 11) is 2.99. The Hall–Kier alpha value is -4.07. The van der Waals surface area contributed by atoms with E-state index >= 15 is 0 Å². The molecule has 0 saturated heterocycles. The fourth-order valence-corrected chi connectivity index (χ4v) is 4.04. The number of fused-ring (bicyclic) bond motifs is 1. The Bertz CT molecular complexity index is 1330. The number of aliphatic hydroxyl groups excluding tert-OH is 1. The number of nitrogens with zero attached hydrogens (tertiary/aromatic N) is 3. The fourth-order valence-electron chi connectivity index (χ4n) is 4.04. The number of hydrogen-bond acceptors (Lipinski definition) is 9. The van der Waals surface area contributed by atoms with Crippen LogP contribution in [0.4, 0.5) is 24.7 Å². The van der Waals surface area contributed by atoms with E-state index in [0.717, 1.165) is 22.3 Å². The van der Waals surface area contributed by atoms with E-state index in [2.05, 4.69) is 15.4 Å². The molecule has 0 fully saturated rings. The molecular weight excluding hydrogens is 499 g/mol. The Morgan fingerprint density at radius 3 is 2.68 bits per heavy atom. The topological polar surface area (TPSA) is 119 Å². The molecule has 1 aromatic carbocycles.